The Morgan fingerprint density at radius 2 is 2.35 bits per heavy atom. The maximum Gasteiger partial charge on any atom is 0.115 e. The van der Waals surface area contributed by atoms with Crippen molar-refractivity contribution in [3.05, 3.63) is 42.5 Å². The van der Waals surface area contributed by atoms with E-state index >= 15 is 0 Å². The molecule has 20 heavy (non-hydrogen) atoms. The first-order valence-corrected chi connectivity index (χ1v) is 7.11. The zero-order chi connectivity index (χ0) is 14.4. The van der Waals surface area contributed by atoms with Gasteiger partial charge in [0, 0.05) is 19.6 Å². The first-order valence-electron chi connectivity index (χ1n) is 7.11. The highest BCUT2D eigenvalue weighted by Crippen LogP contribution is 2.25. The fourth-order valence-corrected chi connectivity index (χ4v) is 2.49. The molecule has 0 aliphatic carbocycles. The summed E-state index contributed by atoms with van der Waals surface area (Å²) in [7, 11) is 0. The Morgan fingerprint density at radius 3 is 3.10 bits per heavy atom. The van der Waals surface area contributed by atoms with Gasteiger partial charge < -0.3 is 14.9 Å². The molecule has 2 unspecified atom stereocenters. The van der Waals surface area contributed by atoms with Gasteiger partial charge in [-0.3, -0.25) is 4.90 Å². The SMILES string of the molecule is C=CCCC(O)CN1CCOC(c2cccc(O)c2)C1. The monoisotopic (exact) mass is 277 g/mol. The third kappa shape index (κ3) is 4.34. The summed E-state index contributed by atoms with van der Waals surface area (Å²) in [5.74, 6) is 0.259. The second-order valence-corrected chi connectivity index (χ2v) is 5.23. The van der Waals surface area contributed by atoms with Gasteiger partial charge in [-0.25, -0.2) is 0 Å². The second kappa shape index (κ2) is 7.43. The Balaban J connectivity index is 1.90. The third-order valence-electron chi connectivity index (χ3n) is 3.57. The lowest BCUT2D eigenvalue weighted by Crippen LogP contribution is -2.42. The van der Waals surface area contributed by atoms with Gasteiger partial charge in [-0.2, -0.15) is 0 Å². The van der Waals surface area contributed by atoms with E-state index in [1.807, 2.05) is 18.2 Å². The normalized spacial score (nSPS) is 21.6. The third-order valence-corrected chi connectivity index (χ3v) is 3.57. The highest BCUT2D eigenvalue weighted by molar-refractivity contribution is 5.29. The molecule has 0 amide bonds. The van der Waals surface area contributed by atoms with Crippen molar-refractivity contribution < 1.29 is 14.9 Å². The van der Waals surface area contributed by atoms with Crippen LogP contribution in [-0.4, -0.2) is 47.5 Å². The van der Waals surface area contributed by atoms with E-state index in [0.717, 1.165) is 31.5 Å². The number of rotatable bonds is 6. The van der Waals surface area contributed by atoms with Crippen molar-refractivity contribution in [1.82, 2.24) is 4.90 Å². The summed E-state index contributed by atoms with van der Waals surface area (Å²) in [6.07, 6.45) is 3.05. The number of nitrogens with zero attached hydrogens (tertiary/aromatic N) is 1. The molecule has 1 heterocycles. The van der Waals surface area contributed by atoms with Gasteiger partial charge in [-0.15, -0.1) is 6.58 Å². The molecule has 2 atom stereocenters. The van der Waals surface area contributed by atoms with Gasteiger partial charge in [0.15, 0.2) is 0 Å². The fourth-order valence-electron chi connectivity index (χ4n) is 2.49. The van der Waals surface area contributed by atoms with E-state index in [9.17, 15) is 10.2 Å². The minimum absolute atomic E-state index is 0.0394. The molecule has 0 bridgehead atoms. The van der Waals surface area contributed by atoms with Crippen molar-refractivity contribution in [1.29, 1.82) is 0 Å². The lowest BCUT2D eigenvalue weighted by Gasteiger charge is -2.34. The second-order valence-electron chi connectivity index (χ2n) is 5.23. The van der Waals surface area contributed by atoms with Crippen LogP contribution in [0.4, 0.5) is 0 Å². The average Bonchev–Trinajstić information content (AvgIpc) is 2.45. The number of hydrogen-bond donors (Lipinski definition) is 2. The summed E-state index contributed by atoms with van der Waals surface area (Å²) in [5.41, 5.74) is 0.982. The van der Waals surface area contributed by atoms with Crippen LogP contribution < -0.4 is 0 Å². The van der Waals surface area contributed by atoms with Crippen LogP contribution in [0.3, 0.4) is 0 Å². The summed E-state index contributed by atoms with van der Waals surface area (Å²) in [6.45, 7) is 6.56. The van der Waals surface area contributed by atoms with E-state index < -0.39 is 0 Å². The highest BCUT2D eigenvalue weighted by atomic mass is 16.5. The lowest BCUT2D eigenvalue weighted by atomic mass is 10.1. The molecule has 1 fully saturated rings. The number of aliphatic hydroxyl groups is 1. The number of morpholine rings is 1. The zero-order valence-corrected chi connectivity index (χ0v) is 11.7. The Bertz CT molecular complexity index is 435. The van der Waals surface area contributed by atoms with Crippen molar-refractivity contribution in [3.8, 4) is 5.75 Å². The predicted octanol–water partition coefficient (Wildman–Crippen LogP) is 2.09. The number of phenolic OH excluding ortho intramolecular Hbond substituents is 1. The van der Waals surface area contributed by atoms with Crippen LogP contribution in [0.2, 0.25) is 0 Å². The minimum atomic E-state index is -0.323. The number of β-amino-alcohol motifs (C(OH)–C–C–N with tert-alkyl or cyclic N) is 1. The molecule has 2 N–H and O–H groups in total. The molecule has 1 aliphatic rings. The standard InChI is InChI=1S/C16H23NO3/c1-2-3-6-15(19)11-17-8-9-20-16(12-17)13-5-4-7-14(18)10-13/h2,4-5,7,10,15-16,18-19H,1,3,6,8-9,11-12H2. The molecule has 0 radical (unpaired) electrons. The van der Waals surface area contributed by atoms with Gasteiger partial charge in [-0.1, -0.05) is 18.2 Å². The van der Waals surface area contributed by atoms with Gasteiger partial charge in [0.25, 0.3) is 0 Å². The molecule has 1 aromatic carbocycles. The summed E-state index contributed by atoms with van der Waals surface area (Å²) in [5, 5.41) is 19.5. The van der Waals surface area contributed by atoms with Crippen LogP contribution in [0.5, 0.6) is 5.75 Å². The van der Waals surface area contributed by atoms with Crippen LogP contribution >= 0.6 is 0 Å². The van der Waals surface area contributed by atoms with Gasteiger partial charge in [0.05, 0.1) is 18.8 Å². The van der Waals surface area contributed by atoms with Crippen molar-refractivity contribution in [2.75, 3.05) is 26.2 Å². The predicted molar refractivity (Wildman–Crippen MR) is 78.7 cm³/mol. The number of ether oxygens (including phenoxy) is 1. The molecule has 4 heteroatoms. The van der Waals surface area contributed by atoms with Crippen molar-refractivity contribution in [3.63, 3.8) is 0 Å². The summed E-state index contributed by atoms with van der Waals surface area (Å²) < 4.78 is 5.76. The summed E-state index contributed by atoms with van der Waals surface area (Å²) in [4.78, 5) is 2.21. The molecule has 4 nitrogen and oxygen atoms in total. The number of aromatic hydroxyl groups is 1. The van der Waals surface area contributed by atoms with E-state index in [1.54, 1.807) is 12.1 Å². The fraction of sp³-hybridized carbons (Fsp3) is 0.500. The lowest BCUT2D eigenvalue weighted by molar-refractivity contribution is -0.0426. The molecular weight excluding hydrogens is 254 g/mol. The quantitative estimate of drug-likeness (QED) is 0.782. The molecule has 1 aromatic rings. The van der Waals surface area contributed by atoms with Gasteiger partial charge in [0.2, 0.25) is 0 Å². The van der Waals surface area contributed by atoms with E-state index in [0.29, 0.717) is 13.2 Å². The summed E-state index contributed by atoms with van der Waals surface area (Å²) >= 11 is 0. The van der Waals surface area contributed by atoms with Gasteiger partial charge >= 0.3 is 0 Å². The van der Waals surface area contributed by atoms with Crippen molar-refractivity contribution in [2.45, 2.75) is 25.0 Å². The number of hydrogen-bond acceptors (Lipinski definition) is 4. The Kier molecular flexibility index (Phi) is 5.59. The van der Waals surface area contributed by atoms with E-state index in [1.165, 1.54) is 0 Å². The molecular formula is C16H23NO3. The molecule has 1 aliphatic heterocycles. The molecule has 0 aromatic heterocycles. The van der Waals surface area contributed by atoms with Crippen LogP contribution in [0.25, 0.3) is 0 Å². The zero-order valence-electron chi connectivity index (χ0n) is 11.7. The van der Waals surface area contributed by atoms with E-state index in [-0.39, 0.29) is 18.0 Å². The van der Waals surface area contributed by atoms with Gasteiger partial charge in [0.1, 0.15) is 5.75 Å². The number of aliphatic hydroxyl groups excluding tert-OH is 1. The van der Waals surface area contributed by atoms with Crippen molar-refractivity contribution in [2.24, 2.45) is 0 Å². The largest absolute Gasteiger partial charge is 0.508 e. The molecule has 110 valence electrons. The maximum atomic E-state index is 9.96. The average molecular weight is 277 g/mol. The number of phenols is 1. The first-order chi connectivity index (χ1) is 9.69. The van der Waals surface area contributed by atoms with Crippen LogP contribution in [-0.2, 0) is 4.74 Å². The highest BCUT2D eigenvalue weighted by Gasteiger charge is 2.23. The van der Waals surface area contributed by atoms with E-state index in [2.05, 4.69) is 11.5 Å². The van der Waals surface area contributed by atoms with Crippen LogP contribution in [0.15, 0.2) is 36.9 Å². The number of benzene rings is 1. The topological polar surface area (TPSA) is 52.9 Å². The van der Waals surface area contributed by atoms with Gasteiger partial charge in [-0.05, 0) is 30.5 Å². The van der Waals surface area contributed by atoms with E-state index in [4.69, 9.17) is 4.74 Å². The molecule has 0 spiro atoms. The van der Waals surface area contributed by atoms with Crippen LogP contribution in [0.1, 0.15) is 24.5 Å². The van der Waals surface area contributed by atoms with Crippen LogP contribution in [0, 0.1) is 0 Å². The molecule has 1 saturated heterocycles. The first kappa shape index (κ1) is 15.0. The summed E-state index contributed by atoms with van der Waals surface area (Å²) in [6, 6.07) is 7.18. The smallest absolute Gasteiger partial charge is 0.115 e. The maximum absolute atomic E-state index is 9.96. The Hall–Kier alpha value is -1.36. The molecule has 0 saturated carbocycles. The van der Waals surface area contributed by atoms with Crippen molar-refractivity contribution >= 4 is 0 Å². The Labute approximate surface area is 120 Å². The number of allylic oxidation sites excluding steroid dienone is 1. The molecule has 2 rings (SSSR count). The Morgan fingerprint density at radius 1 is 1.50 bits per heavy atom. The minimum Gasteiger partial charge on any atom is -0.508 e.